The Balaban J connectivity index is 1.66. The molecule has 2 unspecified atom stereocenters. The average molecular weight is 326 g/mol. The lowest BCUT2D eigenvalue weighted by Crippen LogP contribution is -2.36. The van der Waals surface area contributed by atoms with Crippen molar-refractivity contribution in [2.75, 3.05) is 19.8 Å². The molecule has 3 rings (SSSR count). The highest BCUT2D eigenvalue weighted by Gasteiger charge is 2.58. The molecule has 2 aromatic rings. The van der Waals surface area contributed by atoms with Gasteiger partial charge in [0, 0.05) is 24.7 Å². The molecule has 0 saturated heterocycles. The molecule has 0 spiro atoms. The molecule has 24 heavy (non-hydrogen) atoms. The summed E-state index contributed by atoms with van der Waals surface area (Å²) in [7, 11) is 0. The molecule has 1 aliphatic carbocycles. The standard InChI is InChI=1S/C19H22N2O3/c22-9-3-8-20-18(24)19(13-23)11-16(19)7-6-14-10-15-4-1-2-5-17(15)21-12-14/h1-2,4-7,10,12,16,22-23H,3,8-9,11,13H2,(H,20,24)/b7-6+. The second-order valence-corrected chi connectivity index (χ2v) is 6.28. The van der Waals surface area contributed by atoms with Gasteiger partial charge in [-0.25, -0.2) is 0 Å². The molecule has 5 heteroatoms. The predicted molar refractivity (Wildman–Crippen MR) is 93.1 cm³/mol. The van der Waals surface area contributed by atoms with Gasteiger partial charge in [0.1, 0.15) is 0 Å². The molecule has 0 bridgehead atoms. The molecule has 5 nitrogen and oxygen atoms in total. The molecular formula is C19H22N2O3. The lowest BCUT2D eigenvalue weighted by molar-refractivity contribution is -0.128. The molecule has 126 valence electrons. The Morgan fingerprint density at radius 3 is 3.00 bits per heavy atom. The Hall–Kier alpha value is -2.24. The van der Waals surface area contributed by atoms with Crippen LogP contribution in [0, 0.1) is 11.3 Å². The zero-order chi connectivity index (χ0) is 17.0. The number of fused-ring (bicyclic) bond motifs is 1. The van der Waals surface area contributed by atoms with E-state index in [4.69, 9.17) is 5.11 Å². The van der Waals surface area contributed by atoms with Crippen molar-refractivity contribution in [2.24, 2.45) is 11.3 Å². The zero-order valence-corrected chi connectivity index (χ0v) is 13.5. The van der Waals surface area contributed by atoms with E-state index in [9.17, 15) is 9.90 Å². The van der Waals surface area contributed by atoms with Crippen LogP contribution in [0.25, 0.3) is 17.0 Å². The Labute approximate surface area is 141 Å². The third-order valence-electron chi connectivity index (χ3n) is 4.62. The maximum atomic E-state index is 12.2. The number of pyridine rings is 1. The maximum Gasteiger partial charge on any atom is 0.229 e. The van der Waals surface area contributed by atoms with Gasteiger partial charge in [-0.2, -0.15) is 0 Å². The maximum absolute atomic E-state index is 12.2. The zero-order valence-electron chi connectivity index (χ0n) is 13.5. The number of carbonyl (C=O) groups is 1. The van der Waals surface area contributed by atoms with E-state index in [2.05, 4.69) is 16.4 Å². The van der Waals surface area contributed by atoms with Crippen molar-refractivity contribution < 1.29 is 15.0 Å². The van der Waals surface area contributed by atoms with E-state index in [1.165, 1.54) is 0 Å². The first-order valence-electron chi connectivity index (χ1n) is 8.22. The summed E-state index contributed by atoms with van der Waals surface area (Å²) >= 11 is 0. The highest BCUT2D eigenvalue weighted by Crippen LogP contribution is 2.53. The molecule has 0 radical (unpaired) electrons. The Kier molecular flexibility index (Phi) is 4.92. The van der Waals surface area contributed by atoms with Gasteiger partial charge in [-0.3, -0.25) is 9.78 Å². The number of aliphatic hydroxyl groups is 2. The average Bonchev–Trinajstić information content (AvgIpc) is 3.35. The van der Waals surface area contributed by atoms with Crippen LogP contribution in [0.5, 0.6) is 0 Å². The first-order chi connectivity index (χ1) is 11.7. The van der Waals surface area contributed by atoms with Crippen LogP contribution in [-0.4, -0.2) is 40.9 Å². The van der Waals surface area contributed by atoms with Crippen LogP contribution in [0.3, 0.4) is 0 Å². The highest BCUT2D eigenvalue weighted by atomic mass is 16.3. The van der Waals surface area contributed by atoms with Gasteiger partial charge in [-0.05, 0) is 36.5 Å². The van der Waals surface area contributed by atoms with Crippen molar-refractivity contribution >= 4 is 22.9 Å². The van der Waals surface area contributed by atoms with E-state index in [1.807, 2.05) is 42.6 Å². The number of carbonyl (C=O) groups excluding carboxylic acids is 1. The second-order valence-electron chi connectivity index (χ2n) is 6.28. The largest absolute Gasteiger partial charge is 0.396 e. The number of aromatic nitrogens is 1. The monoisotopic (exact) mass is 326 g/mol. The summed E-state index contributed by atoms with van der Waals surface area (Å²) in [4.78, 5) is 16.6. The number of nitrogens with one attached hydrogen (secondary N) is 1. The minimum absolute atomic E-state index is 0.0306. The van der Waals surface area contributed by atoms with E-state index >= 15 is 0 Å². The number of para-hydroxylation sites is 1. The van der Waals surface area contributed by atoms with Crippen molar-refractivity contribution in [3.8, 4) is 0 Å². The first-order valence-corrected chi connectivity index (χ1v) is 8.22. The fourth-order valence-corrected chi connectivity index (χ4v) is 2.96. The molecule has 0 aliphatic heterocycles. The van der Waals surface area contributed by atoms with Gasteiger partial charge >= 0.3 is 0 Å². The molecule has 1 aromatic heterocycles. The number of rotatable bonds is 7. The predicted octanol–water partition coefficient (Wildman–Crippen LogP) is 1.75. The van der Waals surface area contributed by atoms with Gasteiger partial charge in [0.25, 0.3) is 0 Å². The Morgan fingerprint density at radius 2 is 2.21 bits per heavy atom. The number of allylic oxidation sites excluding steroid dienone is 1. The molecule has 1 heterocycles. The molecule has 1 amide bonds. The van der Waals surface area contributed by atoms with Crippen molar-refractivity contribution in [1.29, 1.82) is 0 Å². The summed E-state index contributed by atoms with van der Waals surface area (Å²) < 4.78 is 0. The minimum Gasteiger partial charge on any atom is -0.396 e. The summed E-state index contributed by atoms with van der Waals surface area (Å²) in [6, 6.07) is 9.98. The number of amides is 1. The van der Waals surface area contributed by atoms with E-state index in [0.717, 1.165) is 16.5 Å². The summed E-state index contributed by atoms with van der Waals surface area (Å²) in [5, 5.41) is 22.3. The summed E-state index contributed by atoms with van der Waals surface area (Å²) in [5.41, 5.74) is 1.22. The van der Waals surface area contributed by atoms with Crippen LogP contribution in [-0.2, 0) is 4.79 Å². The first kappa shape index (κ1) is 16.6. The van der Waals surface area contributed by atoms with E-state index in [1.54, 1.807) is 0 Å². The Bertz CT molecular complexity index is 759. The van der Waals surface area contributed by atoms with Gasteiger partial charge in [-0.15, -0.1) is 0 Å². The van der Waals surface area contributed by atoms with Crippen LogP contribution in [0.2, 0.25) is 0 Å². The van der Waals surface area contributed by atoms with E-state index in [-0.39, 0.29) is 25.0 Å². The molecular weight excluding hydrogens is 304 g/mol. The van der Waals surface area contributed by atoms with Crippen molar-refractivity contribution in [3.63, 3.8) is 0 Å². The number of aliphatic hydroxyl groups excluding tert-OH is 2. The fraction of sp³-hybridized carbons (Fsp3) is 0.368. The number of hydrogen-bond donors (Lipinski definition) is 3. The van der Waals surface area contributed by atoms with Gasteiger partial charge in [0.15, 0.2) is 0 Å². The third kappa shape index (κ3) is 3.32. The molecule has 1 fully saturated rings. The van der Waals surface area contributed by atoms with E-state index < -0.39 is 5.41 Å². The topological polar surface area (TPSA) is 82.5 Å². The molecule has 1 aliphatic rings. The van der Waals surface area contributed by atoms with Gasteiger partial charge in [-0.1, -0.05) is 30.4 Å². The second kappa shape index (κ2) is 7.11. The molecule has 1 aromatic carbocycles. The van der Waals surface area contributed by atoms with Crippen molar-refractivity contribution in [1.82, 2.24) is 10.3 Å². The smallest absolute Gasteiger partial charge is 0.229 e. The van der Waals surface area contributed by atoms with Crippen molar-refractivity contribution in [3.05, 3.63) is 48.2 Å². The van der Waals surface area contributed by atoms with Crippen LogP contribution in [0.4, 0.5) is 0 Å². The molecule has 2 atom stereocenters. The number of benzene rings is 1. The number of hydrogen-bond acceptors (Lipinski definition) is 4. The highest BCUT2D eigenvalue weighted by molar-refractivity contribution is 5.87. The third-order valence-corrected chi connectivity index (χ3v) is 4.62. The molecule has 3 N–H and O–H groups in total. The van der Waals surface area contributed by atoms with Crippen molar-refractivity contribution in [2.45, 2.75) is 12.8 Å². The van der Waals surface area contributed by atoms with Gasteiger partial charge in [0.2, 0.25) is 5.91 Å². The lowest BCUT2D eigenvalue weighted by Gasteiger charge is -2.13. The summed E-state index contributed by atoms with van der Waals surface area (Å²) in [6.45, 7) is 0.315. The Morgan fingerprint density at radius 1 is 1.38 bits per heavy atom. The lowest BCUT2D eigenvalue weighted by atomic mass is 10.0. The van der Waals surface area contributed by atoms with E-state index in [0.29, 0.717) is 19.4 Å². The molecule has 1 saturated carbocycles. The van der Waals surface area contributed by atoms with Gasteiger partial charge in [0.05, 0.1) is 17.5 Å². The van der Waals surface area contributed by atoms with Crippen LogP contribution >= 0.6 is 0 Å². The SMILES string of the molecule is O=C(NCCCO)C1(CO)CC1/C=C/c1cnc2ccccc2c1. The van der Waals surface area contributed by atoms with Crippen LogP contribution in [0.15, 0.2) is 42.6 Å². The fourth-order valence-electron chi connectivity index (χ4n) is 2.96. The normalized spacial score (nSPS) is 22.8. The summed E-state index contributed by atoms with van der Waals surface area (Å²) in [6.07, 6.45) is 6.92. The van der Waals surface area contributed by atoms with Crippen LogP contribution < -0.4 is 5.32 Å². The minimum atomic E-state index is -0.712. The van der Waals surface area contributed by atoms with Gasteiger partial charge < -0.3 is 15.5 Å². The number of nitrogens with zero attached hydrogens (tertiary/aromatic N) is 1. The van der Waals surface area contributed by atoms with Crippen LogP contribution in [0.1, 0.15) is 18.4 Å². The quantitative estimate of drug-likeness (QED) is 0.677. The summed E-state index contributed by atoms with van der Waals surface area (Å²) in [5.74, 6) is -0.104.